The quantitative estimate of drug-likeness (QED) is 0.882. The van der Waals surface area contributed by atoms with Crippen LogP contribution in [0.15, 0.2) is 18.2 Å². The molecule has 0 radical (unpaired) electrons. The van der Waals surface area contributed by atoms with Crippen LogP contribution < -0.4 is 5.73 Å². The highest BCUT2D eigenvalue weighted by Crippen LogP contribution is 2.25. The molecule has 2 N–H and O–H groups in total. The molecule has 0 aliphatic rings. The van der Waals surface area contributed by atoms with E-state index >= 15 is 0 Å². The van der Waals surface area contributed by atoms with E-state index in [1.54, 1.807) is 19.1 Å². The lowest BCUT2D eigenvalue weighted by Gasteiger charge is -2.31. The van der Waals surface area contributed by atoms with Crippen molar-refractivity contribution in [3.05, 3.63) is 29.6 Å². The molecule has 0 spiro atoms. The minimum Gasteiger partial charge on any atom is -0.329 e. The van der Waals surface area contributed by atoms with E-state index < -0.39 is 18.8 Å². The second-order valence-corrected chi connectivity index (χ2v) is 4.13. The Morgan fingerprint density at radius 1 is 1.39 bits per heavy atom. The molecule has 6 heteroatoms. The van der Waals surface area contributed by atoms with Gasteiger partial charge in [0, 0.05) is 18.8 Å². The summed E-state index contributed by atoms with van der Waals surface area (Å²) in [6.45, 7) is 3.48. The Hall–Kier alpha value is -1.14. The third kappa shape index (κ3) is 3.96. The summed E-state index contributed by atoms with van der Waals surface area (Å²) in [6.07, 6.45) is -4.31. The molecule has 0 aliphatic carbocycles. The summed E-state index contributed by atoms with van der Waals surface area (Å²) in [4.78, 5) is 5.50. The van der Waals surface area contributed by atoms with E-state index in [0.717, 1.165) is 5.69 Å². The van der Waals surface area contributed by atoms with Crippen molar-refractivity contribution in [2.75, 3.05) is 13.1 Å². The van der Waals surface area contributed by atoms with Gasteiger partial charge in [-0.15, -0.1) is 0 Å². The monoisotopic (exact) mass is 261 g/mol. The fourth-order valence-corrected chi connectivity index (χ4v) is 1.83. The highest BCUT2D eigenvalue weighted by Gasteiger charge is 2.42. The molecule has 102 valence electrons. The topological polar surface area (TPSA) is 42.2 Å². The number of pyridine rings is 1. The molecule has 1 rings (SSSR count). The predicted molar refractivity (Wildman–Crippen MR) is 64.0 cm³/mol. The number of nitrogens with zero attached hydrogens (tertiary/aromatic N) is 2. The normalized spacial score (nSPS) is 13.9. The Labute approximate surface area is 105 Å². The van der Waals surface area contributed by atoms with Crippen molar-refractivity contribution in [2.45, 2.75) is 32.6 Å². The summed E-state index contributed by atoms with van der Waals surface area (Å²) in [6, 6.07) is 3.70. The van der Waals surface area contributed by atoms with Gasteiger partial charge in [-0.05, 0) is 25.6 Å². The van der Waals surface area contributed by atoms with Gasteiger partial charge in [-0.1, -0.05) is 13.0 Å². The number of nitrogens with two attached hydrogens (primary N) is 1. The third-order valence-electron chi connectivity index (χ3n) is 2.76. The van der Waals surface area contributed by atoms with Gasteiger partial charge >= 0.3 is 6.18 Å². The van der Waals surface area contributed by atoms with Crippen LogP contribution in [-0.4, -0.2) is 35.2 Å². The van der Waals surface area contributed by atoms with Crippen LogP contribution in [0.3, 0.4) is 0 Å². The van der Waals surface area contributed by atoms with E-state index in [-0.39, 0.29) is 13.1 Å². The lowest BCUT2D eigenvalue weighted by Crippen LogP contribution is -2.49. The molecule has 1 atom stereocenters. The Morgan fingerprint density at radius 3 is 2.50 bits per heavy atom. The van der Waals surface area contributed by atoms with Crippen LogP contribution in [-0.2, 0) is 6.54 Å². The average Bonchev–Trinajstić information content (AvgIpc) is 2.26. The van der Waals surface area contributed by atoms with Crippen molar-refractivity contribution in [1.29, 1.82) is 0 Å². The van der Waals surface area contributed by atoms with Crippen LogP contribution in [0.2, 0.25) is 0 Å². The molecule has 1 aromatic rings. The maximum atomic E-state index is 12.8. The number of halogens is 3. The van der Waals surface area contributed by atoms with E-state index in [1.165, 1.54) is 4.90 Å². The van der Waals surface area contributed by atoms with Crippen molar-refractivity contribution in [3.63, 3.8) is 0 Å². The van der Waals surface area contributed by atoms with Crippen LogP contribution in [0.4, 0.5) is 13.2 Å². The van der Waals surface area contributed by atoms with Crippen molar-refractivity contribution in [1.82, 2.24) is 9.88 Å². The molecule has 1 unspecified atom stereocenters. The Morgan fingerprint density at radius 2 is 2.06 bits per heavy atom. The van der Waals surface area contributed by atoms with E-state index in [9.17, 15) is 13.2 Å². The van der Waals surface area contributed by atoms with Gasteiger partial charge in [0.25, 0.3) is 0 Å². The number of alkyl halides is 3. The Kier molecular flexibility index (Phi) is 5.10. The van der Waals surface area contributed by atoms with E-state index in [4.69, 9.17) is 5.73 Å². The first kappa shape index (κ1) is 14.9. The Bertz CT molecular complexity index is 379. The number of rotatable bonds is 5. The lowest BCUT2D eigenvalue weighted by molar-refractivity contribution is -0.182. The Balaban J connectivity index is 2.84. The van der Waals surface area contributed by atoms with Gasteiger partial charge < -0.3 is 5.73 Å². The zero-order valence-corrected chi connectivity index (χ0v) is 10.5. The van der Waals surface area contributed by atoms with Crippen molar-refractivity contribution >= 4 is 0 Å². The van der Waals surface area contributed by atoms with Crippen LogP contribution in [0.5, 0.6) is 0 Å². The molecular weight excluding hydrogens is 243 g/mol. The van der Waals surface area contributed by atoms with Gasteiger partial charge in [-0.3, -0.25) is 9.88 Å². The van der Waals surface area contributed by atoms with Crippen LogP contribution in [0.25, 0.3) is 0 Å². The van der Waals surface area contributed by atoms with Crippen LogP contribution >= 0.6 is 0 Å². The highest BCUT2D eigenvalue weighted by molar-refractivity contribution is 5.10. The van der Waals surface area contributed by atoms with Crippen LogP contribution in [0, 0.1) is 6.92 Å². The average molecular weight is 261 g/mol. The maximum absolute atomic E-state index is 12.8. The van der Waals surface area contributed by atoms with Gasteiger partial charge in [0.05, 0.1) is 5.69 Å². The SMILES string of the molecule is CCN(Cc1cccc(C)n1)C(CN)C(F)(F)F. The highest BCUT2D eigenvalue weighted by atomic mass is 19.4. The van der Waals surface area contributed by atoms with E-state index in [0.29, 0.717) is 5.69 Å². The second-order valence-electron chi connectivity index (χ2n) is 4.13. The molecule has 0 bridgehead atoms. The molecule has 0 aliphatic heterocycles. The largest absolute Gasteiger partial charge is 0.405 e. The molecule has 0 fully saturated rings. The van der Waals surface area contributed by atoms with Gasteiger partial charge in [0.2, 0.25) is 0 Å². The molecule has 0 amide bonds. The summed E-state index contributed by atoms with van der Waals surface area (Å²) >= 11 is 0. The summed E-state index contributed by atoms with van der Waals surface area (Å²) in [5, 5.41) is 0. The fraction of sp³-hybridized carbons (Fsp3) is 0.583. The number of hydrogen-bond donors (Lipinski definition) is 1. The van der Waals surface area contributed by atoms with Gasteiger partial charge in [-0.25, -0.2) is 0 Å². The molecular formula is C12H18F3N3. The summed E-state index contributed by atoms with van der Waals surface area (Å²) in [5.74, 6) is 0. The summed E-state index contributed by atoms with van der Waals surface area (Å²) < 4.78 is 38.4. The van der Waals surface area contributed by atoms with Gasteiger partial charge in [0.15, 0.2) is 0 Å². The van der Waals surface area contributed by atoms with Crippen molar-refractivity contribution < 1.29 is 13.2 Å². The first-order valence-corrected chi connectivity index (χ1v) is 5.81. The first-order chi connectivity index (χ1) is 8.38. The summed E-state index contributed by atoms with van der Waals surface area (Å²) in [5.41, 5.74) is 6.65. The molecule has 18 heavy (non-hydrogen) atoms. The lowest BCUT2D eigenvalue weighted by atomic mass is 10.2. The van der Waals surface area contributed by atoms with E-state index in [2.05, 4.69) is 4.98 Å². The van der Waals surface area contributed by atoms with Gasteiger partial charge in [0.1, 0.15) is 6.04 Å². The maximum Gasteiger partial charge on any atom is 0.405 e. The van der Waals surface area contributed by atoms with Crippen molar-refractivity contribution in [2.24, 2.45) is 5.73 Å². The molecule has 0 saturated heterocycles. The standard InChI is InChI=1S/C12H18F3N3/c1-3-18(11(7-16)12(13,14)15)8-10-6-4-5-9(2)17-10/h4-6,11H,3,7-8,16H2,1-2H3. The molecule has 1 heterocycles. The number of hydrogen-bond acceptors (Lipinski definition) is 3. The molecule has 0 saturated carbocycles. The first-order valence-electron chi connectivity index (χ1n) is 5.81. The van der Waals surface area contributed by atoms with E-state index in [1.807, 2.05) is 13.0 Å². The zero-order valence-electron chi connectivity index (χ0n) is 10.5. The van der Waals surface area contributed by atoms with Gasteiger partial charge in [-0.2, -0.15) is 13.2 Å². The molecule has 3 nitrogen and oxygen atoms in total. The second kappa shape index (κ2) is 6.15. The number of likely N-dealkylation sites (N-methyl/N-ethyl adjacent to an activating group) is 1. The zero-order chi connectivity index (χ0) is 13.8. The molecule has 1 aromatic heterocycles. The molecule has 0 aromatic carbocycles. The number of aryl methyl sites for hydroxylation is 1. The third-order valence-corrected chi connectivity index (χ3v) is 2.76. The van der Waals surface area contributed by atoms with Crippen LogP contribution in [0.1, 0.15) is 18.3 Å². The minimum absolute atomic E-state index is 0.152. The number of aromatic nitrogens is 1. The predicted octanol–water partition coefficient (Wildman–Crippen LogP) is 2.10. The fourth-order valence-electron chi connectivity index (χ4n) is 1.83. The van der Waals surface area contributed by atoms with Crippen molar-refractivity contribution in [3.8, 4) is 0 Å². The smallest absolute Gasteiger partial charge is 0.329 e. The minimum atomic E-state index is -4.31. The summed E-state index contributed by atoms with van der Waals surface area (Å²) in [7, 11) is 0.